The lowest BCUT2D eigenvalue weighted by Crippen LogP contribution is -2.05. The average Bonchev–Trinajstić information content (AvgIpc) is 3.72. The molecular weight excluding hydrogens is 641 g/mol. The van der Waals surface area contributed by atoms with Gasteiger partial charge in [0.05, 0.1) is 17.6 Å². The Hall–Kier alpha value is -6.43. The van der Waals surface area contributed by atoms with Crippen molar-refractivity contribution in [1.29, 1.82) is 0 Å². The molecule has 9 rings (SSSR count). The molecule has 0 aliphatic rings. The van der Waals surface area contributed by atoms with Crippen LogP contribution in [0.15, 0.2) is 185 Å². The fourth-order valence-corrected chi connectivity index (χ4v) is 8.07. The first-order valence-corrected chi connectivity index (χ1v) is 17.8. The number of nitrogens with zero attached hydrogens (tertiary/aromatic N) is 4. The summed E-state index contributed by atoms with van der Waals surface area (Å²) in [6.07, 6.45) is 0. The molecule has 0 spiro atoms. The molecule has 2 aromatic heterocycles. The van der Waals surface area contributed by atoms with Crippen molar-refractivity contribution >= 4 is 71.7 Å². The van der Waals surface area contributed by atoms with Gasteiger partial charge in [-0.05, 0) is 65.9 Å². The van der Waals surface area contributed by atoms with Crippen molar-refractivity contribution in [2.75, 3.05) is 0 Å². The summed E-state index contributed by atoms with van der Waals surface area (Å²) in [5.74, 6) is 1.15. The van der Waals surface area contributed by atoms with E-state index < -0.39 is 0 Å². The number of rotatable bonds is 6. The van der Waals surface area contributed by atoms with Gasteiger partial charge in [0.25, 0.3) is 0 Å². The standard InChI is InChI=1S/C46H32N4S/c1-47-45(49-46(32-16-6-3-7-17-32)48-30-31-14-4-2-5-15-31)35-20-12-18-33(26-35)34-19-13-21-36(27-34)50-41-24-10-8-22-37(41)39-28-40-38-23-9-11-25-43(38)51-44(40)29-42(39)50/h2-29H,1,30H2. The first kappa shape index (κ1) is 30.6. The highest BCUT2D eigenvalue weighted by Crippen LogP contribution is 2.40. The largest absolute Gasteiger partial charge is 0.309 e. The van der Waals surface area contributed by atoms with Gasteiger partial charge in [0.2, 0.25) is 0 Å². The molecule has 0 saturated carbocycles. The zero-order chi connectivity index (χ0) is 34.1. The van der Waals surface area contributed by atoms with Crippen molar-refractivity contribution in [1.82, 2.24) is 4.57 Å². The minimum atomic E-state index is 0.517. The molecule has 9 aromatic rings. The SMILES string of the molecule is C=NC(=NC(=NCc1ccccc1)c1ccccc1)c1cccc(-c2cccc(-n3c4ccccc4c4cc5c(cc43)sc3ccccc35)c2)c1. The number of benzene rings is 7. The van der Waals surface area contributed by atoms with Crippen LogP contribution in [0, 0.1) is 0 Å². The molecule has 0 N–H and O–H groups in total. The number of aliphatic imine (C=N–C) groups is 3. The second kappa shape index (κ2) is 13.1. The molecular formula is C46H32N4S. The van der Waals surface area contributed by atoms with Crippen molar-refractivity contribution < 1.29 is 0 Å². The third-order valence-corrected chi connectivity index (χ3v) is 10.5. The van der Waals surface area contributed by atoms with Gasteiger partial charge >= 0.3 is 0 Å². The summed E-state index contributed by atoms with van der Waals surface area (Å²) in [7, 11) is 0. The molecule has 0 bridgehead atoms. The monoisotopic (exact) mass is 672 g/mol. The second-order valence-corrected chi connectivity index (χ2v) is 13.6. The van der Waals surface area contributed by atoms with Gasteiger partial charge in [0, 0.05) is 47.8 Å². The van der Waals surface area contributed by atoms with Crippen LogP contribution in [0.25, 0.3) is 58.8 Å². The molecule has 0 amide bonds. The van der Waals surface area contributed by atoms with E-state index in [4.69, 9.17) is 9.98 Å². The van der Waals surface area contributed by atoms with Crippen LogP contribution >= 0.6 is 11.3 Å². The van der Waals surface area contributed by atoms with Crippen LogP contribution < -0.4 is 0 Å². The van der Waals surface area contributed by atoms with Crippen molar-refractivity contribution in [2.45, 2.75) is 6.54 Å². The first-order chi connectivity index (χ1) is 25.2. The zero-order valence-electron chi connectivity index (χ0n) is 27.8. The highest BCUT2D eigenvalue weighted by Gasteiger charge is 2.16. The highest BCUT2D eigenvalue weighted by molar-refractivity contribution is 7.25. The Morgan fingerprint density at radius 3 is 2.02 bits per heavy atom. The lowest BCUT2D eigenvalue weighted by atomic mass is 10.0. The Bertz CT molecular complexity index is 2790. The van der Waals surface area contributed by atoms with Gasteiger partial charge < -0.3 is 4.57 Å². The summed E-state index contributed by atoms with van der Waals surface area (Å²) < 4.78 is 5.01. The van der Waals surface area contributed by atoms with Gasteiger partial charge in [-0.15, -0.1) is 11.3 Å². The van der Waals surface area contributed by atoms with Gasteiger partial charge in [0.15, 0.2) is 11.7 Å². The van der Waals surface area contributed by atoms with Crippen LogP contribution in [0.2, 0.25) is 0 Å². The maximum absolute atomic E-state index is 4.99. The maximum atomic E-state index is 4.99. The quantitative estimate of drug-likeness (QED) is 0.125. The van der Waals surface area contributed by atoms with Gasteiger partial charge in [0.1, 0.15) is 0 Å². The van der Waals surface area contributed by atoms with E-state index in [-0.39, 0.29) is 0 Å². The van der Waals surface area contributed by atoms with E-state index in [0.717, 1.165) is 33.5 Å². The number of hydrogen-bond acceptors (Lipinski definition) is 2. The predicted molar refractivity (Wildman–Crippen MR) is 218 cm³/mol. The van der Waals surface area contributed by atoms with E-state index in [1.54, 1.807) is 0 Å². The van der Waals surface area contributed by atoms with Crippen LogP contribution in [0.5, 0.6) is 0 Å². The molecule has 2 heterocycles. The number of aromatic nitrogens is 1. The molecule has 0 aliphatic carbocycles. The molecule has 7 aromatic carbocycles. The van der Waals surface area contributed by atoms with E-state index in [0.29, 0.717) is 18.2 Å². The van der Waals surface area contributed by atoms with Crippen LogP contribution in [-0.4, -0.2) is 23.0 Å². The normalized spacial score (nSPS) is 12.3. The van der Waals surface area contributed by atoms with Crippen molar-refractivity contribution in [3.8, 4) is 16.8 Å². The van der Waals surface area contributed by atoms with Crippen LogP contribution in [0.4, 0.5) is 0 Å². The lowest BCUT2D eigenvalue weighted by Gasteiger charge is -2.11. The number of fused-ring (bicyclic) bond motifs is 6. The Morgan fingerprint density at radius 2 is 1.20 bits per heavy atom. The smallest absolute Gasteiger partial charge is 0.161 e. The molecule has 4 nitrogen and oxygen atoms in total. The summed E-state index contributed by atoms with van der Waals surface area (Å²) >= 11 is 1.85. The van der Waals surface area contributed by atoms with Crippen LogP contribution in [0.3, 0.4) is 0 Å². The minimum absolute atomic E-state index is 0.517. The predicted octanol–water partition coefficient (Wildman–Crippen LogP) is 11.9. The lowest BCUT2D eigenvalue weighted by molar-refractivity contribution is 1.06. The summed E-state index contributed by atoms with van der Waals surface area (Å²) in [5, 5.41) is 5.13. The molecule has 5 heteroatoms. The molecule has 0 saturated heterocycles. The zero-order valence-corrected chi connectivity index (χ0v) is 28.6. The molecule has 0 aliphatic heterocycles. The summed E-state index contributed by atoms with van der Waals surface area (Å²) in [6, 6.07) is 59.5. The molecule has 0 atom stereocenters. The number of para-hydroxylation sites is 1. The van der Waals surface area contributed by atoms with E-state index in [9.17, 15) is 0 Å². The number of amidine groups is 2. The third-order valence-electron chi connectivity index (χ3n) is 9.38. The number of hydrogen-bond donors (Lipinski definition) is 0. The minimum Gasteiger partial charge on any atom is -0.309 e. The molecule has 0 radical (unpaired) electrons. The van der Waals surface area contributed by atoms with Gasteiger partial charge in [-0.25, -0.2) is 9.98 Å². The Balaban J connectivity index is 1.13. The van der Waals surface area contributed by atoms with Gasteiger partial charge in [-0.3, -0.25) is 4.99 Å². The fraction of sp³-hybridized carbons (Fsp3) is 0.0217. The van der Waals surface area contributed by atoms with Crippen LogP contribution in [-0.2, 0) is 6.54 Å². The van der Waals surface area contributed by atoms with Crippen molar-refractivity contribution in [3.05, 3.63) is 187 Å². The molecule has 0 unspecified atom stereocenters. The first-order valence-electron chi connectivity index (χ1n) is 17.0. The summed E-state index contributed by atoms with van der Waals surface area (Å²) in [6.45, 7) is 4.42. The molecule has 0 fully saturated rings. The van der Waals surface area contributed by atoms with E-state index in [1.807, 2.05) is 65.9 Å². The van der Waals surface area contributed by atoms with E-state index >= 15 is 0 Å². The van der Waals surface area contributed by atoms with Crippen molar-refractivity contribution in [2.24, 2.45) is 15.0 Å². The third kappa shape index (κ3) is 5.74. The Kier molecular flexibility index (Phi) is 7.88. The van der Waals surface area contributed by atoms with E-state index in [1.165, 1.54) is 42.0 Å². The number of thiophene rings is 1. The van der Waals surface area contributed by atoms with Gasteiger partial charge in [-0.2, -0.15) is 0 Å². The molecule has 242 valence electrons. The highest BCUT2D eigenvalue weighted by atomic mass is 32.1. The Morgan fingerprint density at radius 1 is 0.510 bits per heavy atom. The van der Waals surface area contributed by atoms with E-state index in [2.05, 4.69) is 132 Å². The van der Waals surface area contributed by atoms with Crippen LogP contribution in [0.1, 0.15) is 16.7 Å². The summed E-state index contributed by atoms with van der Waals surface area (Å²) in [5.41, 5.74) is 8.60. The maximum Gasteiger partial charge on any atom is 0.161 e. The Labute approximate surface area is 300 Å². The fourth-order valence-electron chi connectivity index (χ4n) is 6.95. The average molecular weight is 673 g/mol. The summed E-state index contributed by atoms with van der Waals surface area (Å²) in [4.78, 5) is 14.3. The molecule has 51 heavy (non-hydrogen) atoms. The topological polar surface area (TPSA) is 42.0 Å². The van der Waals surface area contributed by atoms with Crippen molar-refractivity contribution in [3.63, 3.8) is 0 Å². The van der Waals surface area contributed by atoms with Gasteiger partial charge in [-0.1, -0.05) is 127 Å². The second-order valence-electron chi connectivity index (χ2n) is 12.5.